The standard InChI is InChI=1S/C18H24N4O5S/c1-14-18(28(25,26)20-10-6-3-7-11-20)15(2)21(19-14)12-13-27-17-9-5-4-8-16(17)22(23)24/h4-5,8-9H,3,6-7,10-13H2,1-2H3. The summed E-state index contributed by atoms with van der Waals surface area (Å²) in [4.78, 5) is 10.8. The molecule has 28 heavy (non-hydrogen) atoms. The molecule has 0 unspecified atom stereocenters. The Balaban J connectivity index is 1.75. The van der Waals surface area contributed by atoms with Crippen LogP contribution in [-0.4, -0.2) is 47.1 Å². The predicted octanol–water partition coefficient (Wildman–Crippen LogP) is 2.66. The van der Waals surface area contributed by atoms with Gasteiger partial charge in [0.05, 0.1) is 22.9 Å². The zero-order valence-corrected chi connectivity index (χ0v) is 16.8. The number of aryl methyl sites for hydroxylation is 1. The normalized spacial score (nSPS) is 15.5. The van der Waals surface area contributed by atoms with Crippen molar-refractivity contribution in [2.24, 2.45) is 0 Å². The predicted molar refractivity (Wildman–Crippen MR) is 103 cm³/mol. The van der Waals surface area contributed by atoms with Crippen molar-refractivity contribution >= 4 is 15.7 Å². The lowest BCUT2D eigenvalue weighted by atomic mass is 10.2. The second-order valence-corrected chi connectivity index (χ2v) is 8.64. The molecule has 0 radical (unpaired) electrons. The number of para-hydroxylation sites is 2. The van der Waals surface area contributed by atoms with E-state index in [4.69, 9.17) is 4.74 Å². The summed E-state index contributed by atoms with van der Waals surface area (Å²) in [7, 11) is -3.58. The van der Waals surface area contributed by atoms with Crippen molar-refractivity contribution in [1.82, 2.24) is 14.1 Å². The van der Waals surface area contributed by atoms with Crippen LogP contribution in [0.5, 0.6) is 5.75 Å². The highest BCUT2D eigenvalue weighted by atomic mass is 32.2. The van der Waals surface area contributed by atoms with Gasteiger partial charge in [-0.3, -0.25) is 14.8 Å². The maximum Gasteiger partial charge on any atom is 0.310 e. The zero-order chi connectivity index (χ0) is 20.3. The van der Waals surface area contributed by atoms with Gasteiger partial charge in [-0.1, -0.05) is 18.6 Å². The van der Waals surface area contributed by atoms with Crippen LogP contribution in [-0.2, 0) is 16.6 Å². The van der Waals surface area contributed by atoms with Gasteiger partial charge in [-0.05, 0) is 32.8 Å². The number of nitrogens with zero attached hydrogens (tertiary/aromatic N) is 4. The van der Waals surface area contributed by atoms with Crippen LogP contribution in [0.1, 0.15) is 30.7 Å². The van der Waals surface area contributed by atoms with Gasteiger partial charge in [0, 0.05) is 19.2 Å². The Labute approximate surface area is 164 Å². The van der Waals surface area contributed by atoms with Gasteiger partial charge in [0.25, 0.3) is 0 Å². The first-order chi connectivity index (χ1) is 13.3. The second-order valence-electron chi connectivity index (χ2n) is 6.76. The number of piperidine rings is 1. The first-order valence-corrected chi connectivity index (χ1v) is 10.7. The summed E-state index contributed by atoms with van der Waals surface area (Å²) in [5.74, 6) is 0.176. The third-order valence-electron chi connectivity index (χ3n) is 4.85. The van der Waals surface area contributed by atoms with E-state index in [2.05, 4.69) is 5.10 Å². The number of hydrogen-bond acceptors (Lipinski definition) is 6. The molecule has 1 aliphatic heterocycles. The van der Waals surface area contributed by atoms with E-state index >= 15 is 0 Å². The van der Waals surface area contributed by atoms with Crippen molar-refractivity contribution in [2.45, 2.75) is 44.6 Å². The van der Waals surface area contributed by atoms with Gasteiger partial charge in [0.1, 0.15) is 11.5 Å². The third kappa shape index (κ3) is 4.02. The van der Waals surface area contributed by atoms with Gasteiger partial charge < -0.3 is 4.74 Å². The molecule has 1 saturated heterocycles. The summed E-state index contributed by atoms with van der Waals surface area (Å²) < 4.78 is 34.7. The lowest BCUT2D eigenvalue weighted by Gasteiger charge is -2.26. The first kappa shape index (κ1) is 20.3. The van der Waals surface area contributed by atoms with Crippen LogP contribution in [0.25, 0.3) is 0 Å². The van der Waals surface area contributed by atoms with Gasteiger partial charge in [-0.2, -0.15) is 9.40 Å². The highest BCUT2D eigenvalue weighted by Gasteiger charge is 2.31. The molecular weight excluding hydrogens is 384 g/mol. The molecule has 1 aromatic heterocycles. The zero-order valence-electron chi connectivity index (χ0n) is 16.0. The van der Waals surface area contributed by atoms with Crippen LogP contribution in [0.4, 0.5) is 5.69 Å². The van der Waals surface area contributed by atoms with Crippen LogP contribution < -0.4 is 4.74 Å². The fourth-order valence-electron chi connectivity index (χ4n) is 3.48. The van der Waals surface area contributed by atoms with Crippen LogP contribution in [0.3, 0.4) is 0 Å². The van der Waals surface area contributed by atoms with Crippen LogP contribution >= 0.6 is 0 Å². The molecule has 152 valence electrons. The van der Waals surface area contributed by atoms with Crippen LogP contribution in [0, 0.1) is 24.0 Å². The van der Waals surface area contributed by atoms with Crippen molar-refractivity contribution in [1.29, 1.82) is 0 Å². The van der Waals surface area contributed by atoms with E-state index in [0.29, 0.717) is 24.5 Å². The molecule has 1 aliphatic rings. The second kappa shape index (κ2) is 8.27. The molecule has 3 rings (SSSR count). The Morgan fingerprint density at radius 2 is 1.86 bits per heavy atom. The number of aromatic nitrogens is 2. The molecule has 10 heteroatoms. The monoisotopic (exact) mass is 408 g/mol. The third-order valence-corrected chi connectivity index (χ3v) is 7.00. The number of benzene rings is 1. The molecule has 1 fully saturated rings. The number of nitro benzene ring substituents is 1. The number of nitro groups is 1. The number of rotatable bonds is 7. The van der Waals surface area contributed by atoms with Crippen LogP contribution in [0.2, 0.25) is 0 Å². The molecule has 2 aromatic rings. The Morgan fingerprint density at radius 3 is 2.54 bits per heavy atom. The molecule has 1 aromatic carbocycles. The van der Waals surface area contributed by atoms with E-state index in [1.807, 2.05) is 0 Å². The number of sulfonamides is 1. The average Bonchev–Trinajstić information content (AvgIpc) is 2.96. The maximum absolute atomic E-state index is 13.0. The topological polar surface area (TPSA) is 108 Å². The van der Waals surface area contributed by atoms with E-state index in [1.165, 1.54) is 16.4 Å². The molecular formula is C18H24N4O5S. The quantitative estimate of drug-likeness (QED) is 0.515. The van der Waals surface area contributed by atoms with Crippen molar-refractivity contribution in [3.05, 3.63) is 45.8 Å². The number of ether oxygens (including phenoxy) is 1. The Morgan fingerprint density at radius 1 is 1.18 bits per heavy atom. The Kier molecular flexibility index (Phi) is 5.99. The molecule has 0 spiro atoms. The molecule has 0 amide bonds. The SMILES string of the molecule is Cc1nn(CCOc2ccccc2[N+](=O)[O-])c(C)c1S(=O)(=O)N1CCCCC1. The largest absolute Gasteiger partial charge is 0.485 e. The molecule has 0 aliphatic carbocycles. The Bertz CT molecular complexity index is 964. The average molecular weight is 408 g/mol. The Hall–Kier alpha value is -2.46. The van der Waals surface area contributed by atoms with E-state index < -0.39 is 14.9 Å². The minimum atomic E-state index is -3.58. The summed E-state index contributed by atoms with van der Waals surface area (Å²) in [5, 5.41) is 15.4. The van der Waals surface area contributed by atoms with Crippen molar-refractivity contribution < 1.29 is 18.1 Å². The van der Waals surface area contributed by atoms with Gasteiger partial charge in [0.15, 0.2) is 5.75 Å². The highest BCUT2D eigenvalue weighted by molar-refractivity contribution is 7.89. The summed E-state index contributed by atoms with van der Waals surface area (Å²) in [6.07, 6.45) is 2.79. The fourth-order valence-corrected chi connectivity index (χ4v) is 5.37. The molecule has 0 atom stereocenters. The summed E-state index contributed by atoms with van der Waals surface area (Å²) in [6.45, 7) is 4.90. The van der Waals surface area contributed by atoms with Gasteiger partial charge in [-0.15, -0.1) is 0 Å². The molecule has 0 saturated carbocycles. The molecule has 0 N–H and O–H groups in total. The minimum Gasteiger partial charge on any atom is -0.485 e. The lowest BCUT2D eigenvalue weighted by molar-refractivity contribution is -0.385. The molecule has 2 heterocycles. The smallest absolute Gasteiger partial charge is 0.310 e. The fraction of sp³-hybridized carbons (Fsp3) is 0.500. The lowest BCUT2D eigenvalue weighted by Crippen LogP contribution is -2.36. The van der Waals surface area contributed by atoms with E-state index in [0.717, 1.165) is 19.3 Å². The van der Waals surface area contributed by atoms with E-state index in [-0.39, 0.29) is 29.5 Å². The summed E-state index contributed by atoms with van der Waals surface area (Å²) >= 11 is 0. The highest BCUT2D eigenvalue weighted by Crippen LogP contribution is 2.27. The van der Waals surface area contributed by atoms with Crippen molar-refractivity contribution in [3.8, 4) is 5.75 Å². The summed E-state index contributed by atoms with van der Waals surface area (Å²) in [6, 6.07) is 6.15. The number of hydrogen-bond donors (Lipinski definition) is 0. The van der Waals surface area contributed by atoms with Crippen molar-refractivity contribution in [3.63, 3.8) is 0 Å². The van der Waals surface area contributed by atoms with Gasteiger partial charge in [-0.25, -0.2) is 8.42 Å². The minimum absolute atomic E-state index is 0.107. The summed E-state index contributed by atoms with van der Waals surface area (Å²) in [5.41, 5.74) is 0.896. The maximum atomic E-state index is 13.0. The van der Waals surface area contributed by atoms with E-state index in [9.17, 15) is 18.5 Å². The van der Waals surface area contributed by atoms with Gasteiger partial charge >= 0.3 is 5.69 Å². The van der Waals surface area contributed by atoms with E-state index in [1.54, 1.807) is 30.7 Å². The van der Waals surface area contributed by atoms with Crippen LogP contribution in [0.15, 0.2) is 29.2 Å². The molecule has 0 bridgehead atoms. The molecule has 9 nitrogen and oxygen atoms in total. The van der Waals surface area contributed by atoms with Gasteiger partial charge in [0.2, 0.25) is 10.0 Å². The van der Waals surface area contributed by atoms with Crippen molar-refractivity contribution in [2.75, 3.05) is 19.7 Å². The first-order valence-electron chi connectivity index (χ1n) is 9.22.